The standard InChI is InChI=1S/C10H8N2O2S/c13-10-12-11-9(15-10)7-1-2-8-6(5-7)3-4-14-8/h1-2,5H,3-4H2,(H,12,13). The minimum absolute atomic E-state index is 0.123. The molecular formula is C10H8N2O2S. The molecule has 15 heavy (non-hydrogen) atoms. The van der Waals surface area contributed by atoms with Crippen molar-refractivity contribution in [2.24, 2.45) is 0 Å². The number of hydrogen-bond donors (Lipinski definition) is 1. The van der Waals surface area contributed by atoms with Crippen LogP contribution in [0.5, 0.6) is 5.75 Å². The lowest BCUT2D eigenvalue weighted by Gasteiger charge is -1.99. The molecule has 5 heteroatoms. The molecule has 0 aliphatic carbocycles. The van der Waals surface area contributed by atoms with E-state index < -0.39 is 0 Å². The third-order valence-electron chi connectivity index (χ3n) is 2.37. The summed E-state index contributed by atoms with van der Waals surface area (Å²) in [6.45, 7) is 0.746. The average Bonchev–Trinajstić information content (AvgIpc) is 2.84. The fourth-order valence-corrected chi connectivity index (χ4v) is 2.28. The van der Waals surface area contributed by atoms with Crippen LogP contribution in [0.1, 0.15) is 5.56 Å². The van der Waals surface area contributed by atoms with Crippen molar-refractivity contribution in [3.05, 3.63) is 33.4 Å². The minimum Gasteiger partial charge on any atom is -0.493 e. The third-order valence-corrected chi connectivity index (χ3v) is 3.17. The number of ether oxygens (including phenoxy) is 1. The number of hydrogen-bond acceptors (Lipinski definition) is 4. The molecule has 0 fully saturated rings. The second-order valence-corrected chi connectivity index (χ2v) is 4.30. The first-order valence-corrected chi connectivity index (χ1v) is 5.46. The molecule has 0 saturated carbocycles. The molecule has 1 aliphatic heterocycles. The van der Waals surface area contributed by atoms with Crippen LogP contribution in [0.2, 0.25) is 0 Å². The van der Waals surface area contributed by atoms with Crippen molar-refractivity contribution in [1.82, 2.24) is 10.2 Å². The van der Waals surface area contributed by atoms with Crippen LogP contribution in [0, 0.1) is 0 Å². The van der Waals surface area contributed by atoms with Gasteiger partial charge in [-0.3, -0.25) is 4.79 Å². The average molecular weight is 220 g/mol. The van der Waals surface area contributed by atoms with Gasteiger partial charge in [-0.15, -0.1) is 0 Å². The number of benzene rings is 1. The Kier molecular flexibility index (Phi) is 1.85. The number of nitrogens with one attached hydrogen (secondary N) is 1. The van der Waals surface area contributed by atoms with Crippen LogP contribution in [0.25, 0.3) is 10.6 Å². The minimum atomic E-state index is -0.123. The van der Waals surface area contributed by atoms with Gasteiger partial charge in [0.2, 0.25) is 0 Å². The second-order valence-electron chi connectivity index (χ2n) is 3.34. The van der Waals surface area contributed by atoms with Gasteiger partial charge in [-0.25, -0.2) is 5.10 Å². The Morgan fingerprint density at radius 2 is 2.40 bits per heavy atom. The summed E-state index contributed by atoms with van der Waals surface area (Å²) < 4.78 is 5.41. The van der Waals surface area contributed by atoms with Crippen LogP contribution in [0.15, 0.2) is 23.0 Å². The van der Waals surface area contributed by atoms with E-state index in [-0.39, 0.29) is 4.87 Å². The van der Waals surface area contributed by atoms with Gasteiger partial charge in [0.05, 0.1) is 6.61 Å². The smallest absolute Gasteiger partial charge is 0.322 e. The zero-order chi connectivity index (χ0) is 10.3. The Hall–Kier alpha value is -1.62. The Morgan fingerprint density at radius 3 is 3.20 bits per heavy atom. The second kappa shape index (κ2) is 3.20. The van der Waals surface area contributed by atoms with Gasteiger partial charge in [-0.2, -0.15) is 5.10 Å². The van der Waals surface area contributed by atoms with E-state index in [9.17, 15) is 4.79 Å². The van der Waals surface area contributed by atoms with Crippen LogP contribution >= 0.6 is 11.3 Å². The summed E-state index contributed by atoms with van der Waals surface area (Å²) >= 11 is 1.12. The number of fused-ring (bicyclic) bond motifs is 1. The molecule has 2 heterocycles. The molecule has 0 atom stereocenters. The highest BCUT2D eigenvalue weighted by molar-refractivity contribution is 7.12. The number of nitrogens with zero attached hydrogens (tertiary/aromatic N) is 1. The first kappa shape index (κ1) is 8.67. The molecule has 0 unspecified atom stereocenters. The van der Waals surface area contributed by atoms with Gasteiger partial charge in [0.1, 0.15) is 10.8 Å². The van der Waals surface area contributed by atoms with Gasteiger partial charge in [-0.1, -0.05) is 11.3 Å². The van der Waals surface area contributed by atoms with E-state index in [0.29, 0.717) is 0 Å². The van der Waals surface area contributed by atoms with Gasteiger partial charge >= 0.3 is 4.87 Å². The van der Waals surface area contributed by atoms with Gasteiger partial charge < -0.3 is 4.74 Å². The highest BCUT2D eigenvalue weighted by atomic mass is 32.1. The summed E-state index contributed by atoms with van der Waals surface area (Å²) in [4.78, 5) is 10.8. The molecule has 0 bridgehead atoms. The van der Waals surface area contributed by atoms with Crippen molar-refractivity contribution in [1.29, 1.82) is 0 Å². The third kappa shape index (κ3) is 1.45. The maximum absolute atomic E-state index is 11.0. The lowest BCUT2D eigenvalue weighted by Crippen LogP contribution is -1.90. The fraction of sp³-hybridized carbons (Fsp3) is 0.200. The zero-order valence-corrected chi connectivity index (χ0v) is 8.63. The van der Waals surface area contributed by atoms with Crippen molar-refractivity contribution in [3.63, 3.8) is 0 Å². The summed E-state index contributed by atoms with van der Waals surface area (Å²) in [5.41, 5.74) is 2.16. The molecule has 1 aliphatic rings. The molecule has 0 radical (unpaired) electrons. The molecule has 2 aromatic rings. The van der Waals surface area contributed by atoms with Gasteiger partial charge in [-0.05, 0) is 23.8 Å². The van der Waals surface area contributed by atoms with E-state index in [1.807, 2.05) is 18.2 Å². The molecule has 0 saturated heterocycles. The van der Waals surface area contributed by atoms with Crippen LogP contribution in [-0.2, 0) is 6.42 Å². The highest BCUT2D eigenvalue weighted by Gasteiger charge is 2.13. The Morgan fingerprint density at radius 1 is 1.47 bits per heavy atom. The van der Waals surface area contributed by atoms with E-state index >= 15 is 0 Å². The molecule has 1 aromatic heterocycles. The maximum Gasteiger partial charge on any atom is 0.322 e. The Labute approximate surface area is 89.5 Å². The van der Waals surface area contributed by atoms with Crippen LogP contribution in [0.3, 0.4) is 0 Å². The lowest BCUT2D eigenvalue weighted by molar-refractivity contribution is 0.357. The summed E-state index contributed by atoms with van der Waals surface area (Å²) in [7, 11) is 0. The molecule has 76 valence electrons. The molecule has 0 amide bonds. The van der Waals surface area contributed by atoms with Crippen LogP contribution in [-0.4, -0.2) is 16.8 Å². The highest BCUT2D eigenvalue weighted by Crippen LogP contribution is 2.30. The molecule has 1 N–H and O–H groups in total. The molecule has 0 spiro atoms. The summed E-state index contributed by atoms with van der Waals surface area (Å²) in [6.07, 6.45) is 0.933. The summed E-state index contributed by atoms with van der Waals surface area (Å²) in [5.74, 6) is 0.946. The molecule has 3 rings (SSSR count). The number of H-pyrrole nitrogens is 1. The van der Waals surface area contributed by atoms with Crippen LogP contribution < -0.4 is 9.61 Å². The topological polar surface area (TPSA) is 55.0 Å². The molecular weight excluding hydrogens is 212 g/mol. The SMILES string of the molecule is O=c1[nH]nc(-c2ccc3c(c2)CCO3)s1. The van der Waals surface area contributed by atoms with Crippen molar-refractivity contribution in [2.75, 3.05) is 6.61 Å². The van der Waals surface area contributed by atoms with E-state index in [1.165, 1.54) is 5.56 Å². The number of aromatic nitrogens is 2. The Bertz CT molecular complexity index is 559. The van der Waals surface area contributed by atoms with Crippen molar-refractivity contribution in [2.45, 2.75) is 6.42 Å². The Balaban J connectivity index is 2.10. The zero-order valence-electron chi connectivity index (χ0n) is 7.82. The summed E-state index contributed by atoms with van der Waals surface area (Å²) in [5, 5.41) is 7.10. The quantitative estimate of drug-likeness (QED) is 0.791. The van der Waals surface area contributed by atoms with E-state index in [4.69, 9.17) is 4.74 Å². The predicted molar refractivity (Wildman–Crippen MR) is 57.4 cm³/mol. The normalized spacial score (nSPS) is 13.6. The first-order chi connectivity index (χ1) is 7.33. The van der Waals surface area contributed by atoms with Crippen LogP contribution in [0.4, 0.5) is 0 Å². The molecule has 4 nitrogen and oxygen atoms in total. The first-order valence-electron chi connectivity index (χ1n) is 4.64. The number of rotatable bonds is 1. The van der Waals surface area contributed by atoms with Gasteiger partial charge in [0.25, 0.3) is 0 Å². The van der Waals surface area contributed by atoms with Crippen molar-refractivity contribution >= 4 is 11.3 Å². The predicted octanol–water partition coefficient (Wildman–Crippen LogP) is 1.43. The largest absolute Gasteiger partial charge is 0.493 e. The lowest BCUT2D eigenvalue weighted by atomic mass is 10.1. The monoisotopic (exact) mass is 220 g/mol. The van der Waals surface area contributed by atoms with Gasteiger partial charge in [0.15, 0.2) is 0 Å². The van der Waals surface area contributed by atoms with Crippen molar-refractivity contribution in [3.8, 4) is 16.3 Å². The summed E-state index contributed by atoms with van der Waals surface area (Å²) in [6, 6.07) is 5.90. The van der Waals surface area contributed by atoms with E-state index in [0.717, 1.165) is 40.7 Å². The molecule has 1 aromatic carbocycles. The van der Waals surface area contributed by atoms with E-state index in [1.54, 1.807) is 0 Å². The van der Waals surface area contributed by atoms with E-state index in [2.05, 4.69) is 10.2 Å². The van der Waals surface area contributed by atoms with Gasteiger partial charge in [0, 0.05) is 12.0 Å². The van der Waals surface area contributed by atoms with Crippen molar-refractivity contribution < 1.29 is 4.74 Å². The maximum atomic E-state index is 11.0. The fourth-order valence-electron chi connectivity index (χ4n) is 1.67. The number of aromatic amines is 1.